The van der Waals surface area contributed by atoms with Gasteiger partial charge in [0.2, 0.25) is 0 Å². The monoisotopic (exact) mass is 245 g/mol. The van der Waals surface area contributed by atoms with Crippen LogP contribution in [0.15, 0.2) is 18.3 Å². The van der Waals surface area contributed by atoms with Gasteiger partial charge in [-0.25, -0.2) is 4.79 Å². The Balaban J connectivity index is 2.67. The molecule has 0 aliphatic heterocycles. The first-order valence-electron chi connectivity index (χ1n) is 6.36. The molecule has 0 unspecified atom stereocenters. The number of aryl methyl sites for hydroxylation is 3. The molecule has 0 spiro atoms. The summed E-state index contributed by atoms with van der Waals surface area (Å²) in [4.78, 5) is 11.3. The van der Waals surface area contributed by atoms with Gasteiger partial charge in [0.1, 0.15) is 0 Å². The van der Waals surface area contributed by atoms with Gasteiger partial charge in [-0.1, -0.05) is 13.3 Å². The minimum Gasteiger partial charge on any atom is -0.478 e. The number of hydrogen-bond donors (Lipinski definition) is 1. The maximum Gasteiger partial charge on any atom is 0.337 e. The topological polar surface area (TPSA) is 42.2 Å². The van der Waals surface area contributed by atoms with Crippen molar-refractivity contribution in [1.82, 2.24) is 4.57 Å². The zero-order valence-corrected chi connectivity index (χ0v) is 11.2. The predicted molar refractivity (Wildman–Crippen MR) is 73.2 cm³/mol. The molecule has 0 atom stereocenters. The Morgan fingerprint density at radius 1 is 1.39 bits per heavy atom. The van der Waals surface area contributed by atoms with Gasteiger partial charge in [-0.3, -0.25) is 0 Å². The molecular formula is C15H19NO2. The number of unbranched alkanes of at least 4 members (excludes halogenated alkanes) is 1. The Hall–Kier alpha value is -1.77. The first-order valence-corrected chi connectivity index (χ1v) is 6.36. The first kappa shape index (κ1) is 12.7. The molecule has 1 N–H and O–H groups in total. The van der Waals surface area contributed by atoms with Gasteiger partial charge < -0.3 is 9.67 Å². The molecule has 0 saturated heterocycles. The Morgan fingerprint density at radius 2 is 2.11 bits per heavy atom. The zero-order chi connectivity index (χ0) is 13.3. The van der Waals surface area contributed by atoms with Crippen LogP contribution in [-0.2, 0) is 13.5 Å². The maximum atomic E-state index is 11.3. The number of carboxylic acids is 1. The molecule has 0 aliphatic carbocycles. The summed E-state index contributed by atoms with van der Waals surface area (Å²) in [6.07, 6.45) is 5.35. The van der Waals surface area contributed by atoms with Crippen LogP contribution in [0.4, 0.5) is 0 Å². The van der Waals surface area contributed by atoms with E-state index in [0.29, 0.717) is 5.56 Å². The van der Waals surface area contributed by atoms with Crippen LogP contribution >= 0.6 is 0 Å². The minimum atomic E-state index is -0.855. The van der Waals surface area contributed by atoms with E-state index in [-0.39, 0.29) is 0 Å². The van der Waals surface area contributed by atoms with Gasteiger partial charge in [0.15, 0.2) is 0 Å². The number of fused-ring (bicyclic) bond motifs is 1. The van der Waals surface area contributed by atoms with Crippen molar-refractivity contribution in [3.05, 3.63) is 35.0 Å². The second-order valence-electron chi connectivity index (χ2n) is 4.88. The van der Waals surface area contributed by atoms with Crippen LogP contribution in [0.25, 0.3) is 10.9 Å². The Labute approximate surface area is 107 Å². The SMILES string of the molecule is CCCCc1cn(C)c2c(C(=O)O)cc(C)cc12. The highest BCUT2D eigenvalue weighted by Gasteiger charge is 2.15. The molecule has 3 heteroatoms. The van der Waals surface area contributed by atoms with Crippen molar-refractivity contribution in [1.29, 1.82) is 0 Å². The normalized spacial score (nSPS) is 11.1. The average molecular weight is 245 g/mol. The molecule has 0 radical (unpaired) electrons. The van der Waals surface area contributed by atoms with Crippen LogP contribution < -0.4 is 0 Å². The molecule has 0 saturated carbocycles. The summed E-state index contributed by atoms with van der Waals surface area (Å²) in [7, 11) is 1.92. The van der Waals surface area contributed by atoms with E-state index in [0.717, 1.165) is 35.7 Å². The fourth-order valence-electron chi connectivity index (χ4n) is 2.50. The second kappa shape index (κ2) is 4.84. The van der Waals surface area contributed by atoms with E-state index >= 15 is 0 Å². The van der Waals surface area contributed by atoms with Crippen LogP contribution in [0.5, 0.6) is 0 Å². The zero-order valence-electron chi connectivity index (χ0n) is 11.2. The van der Waals surface area contributed by atoms with Gasteiger partial charge in [0.25, 0.3) is 0 Å². The molecule has 1 heterocycles. The first-order chi connectivity index (χ1) is 8.54. The van der Waals surface area contributed by atoms with Gasteiger partial charge in [-0.2, -0.15) is 0 Å². The summed E-state index contributed by atoms with van der Waals surface area (Å²) in [6.45, 7) is 4.11. The van der Waals surface area contributed by atoms with Gasteiger partial charge in [0, 0.05) is 18.6 Å². The van der Waals surface area contributed by atoms with Crippen LogP contribution in [0.3, 0.4) is 0 Å². The average Bonchev–Trinajstić information content (AvgIpc) is 2.62. The highest BCUT2D eigenvalue weighted by atomic mass is 16.4. The highest BCUT2D eigenvalue weighted by molar-refractivity contribution is 6.03. The fraction of sp³-hybridized carbons (Fsp3) is 0.400. The molecule has 1 aromatic carbocycles. The number of rotatable bonds is 4. The van der Waals surface area contributed by atoms with Crippen LogP contribution in [-0.4, -0.2) is 15.6 Å². The lowest BCUT2D eigenvalue weighted by atomic mass is 10.0. The van der Waals surface area contributed by atoms with Crippen LogP contribution in [0.2, 0.25) is 0 Å². The summed E-state index contributed by atoms with van der Waals surface area (Å²) in [6, 6.07) is 3.83. The largest absolute Gasteiger partial charge is 0.478 e. The quantitative estimate of drug-likeness (QED) is 0.895. The van der Waals surface area contributed by atoms with E-state index in [1.165, 1.54) is 5.56 Å². The van der Waals surface area contributed by atoms with Gasteiger partial charge >= 0.3 is 5.97 Å². The summed E-state index contributed by atoms with van der Waals surface area (Å²) in [5.74, 6) is -0.855. The number of benzene rings is 1. The van der Waals surface area contributed by atoms with E-state index in [2.05, 4.69) is 19.2 Å². The molecule has 3 nitrogen and oxygen atoms in total. The van der Waals surface area contributed by atoms with E-state index < -0.39 is 5.97 Å². The number of hydrogen-bond acceptors (Lipinski definition) is 1. The predicted octanol–water partition coefficient (Wildman–Crippen LogP) is 3.53. The molecular weight excluding hydrogens is 226 g/mol. The summed E-state index contributed by atoms with van der Waals surface area (Å²) in [5, 5.41) is 10.4. The third kappa shape index (κ3) is 2.13. The highest BCUT2D eigenvalue weighted by Crippen LogP contribution is 2.27. The summed E-state index contributed by atoms with van der Waals surface area (Å²) < 4.78 is 1.93. The van der Waals surface area contributed by atoms with Crippen LogP contribution in [0.1, 0.15) is 41.3 Å². The molecule has 96 valence electrons. The molecule has 0 fully saturated rings. The molecule has 2 aromatic rings. The smallest absolute Gasteiger partial charge is 0.337 e. The van der Waals surface area contributed by atoms with Crippen molar-refractivity contribution in [3.63, 3.8) is 0 Å². The lowest BCUT2D eigenvalue weighted by molar-refractivity contribution is 0.0698. The number of nitrogens with zero attached hydrogens (tertiary/aromatic N) is 1. The van der Waals surface area contributed by atoms with E-state index in [1.807, 2.05) is 18.5 Å². The van der Waals surface area contributed by atoms with E-state index in [4.69, 9.17) is 0 Å². The van der Waals surface area contributed by atoms with Crippen molar-refractivity contribution >= 4 is 16.9 Å². The lowest BCUT2D eigenvalue weighted by Gasteiger charge is -2.04. The molecule has 0 bridgehead atoms. The summed E-state index contributed by atoms with van der Waals surface area (Å²) in [5.41, 5.74) is 3.49. The van der Waals surface area contributed by atoms with Gasteiger partial charge in [0.05, 0.1) is 11.1 Å². The van der Waals surface area contributed by atoms with Crippen molar-refractivity contribution < 1.29 is 9.90 Å². The standard InChI is InChI=1S/C15H19NO2/c1-4-5-6-11-9-16(3)14-12(11)7-10(2)8-13(14)15(17)18/h7-9H,4-6H2,1-3H3,(H,17,18). The number of aromatic nitrogens is 1. The molecule has 2 rings (SSSR count). The van der Waals surface area contributed by atoms with E-state index in [9.17, 15) is 9.90 Å². The third-order valence-corrected chi connectivity index (χ3v) is 3.33. The lowest BCUT2D eigenvalue weighted by Crippen LogP contribution is -2.01. The van der Waals surface area contributed by atoms with Crippen molar-refractivity contribution in [2.45, 2.75) is 33.1 Å². The maximum absolute atomic E-state index is 11.3. The number of carbonyl (C=O) groups is 1. The Bertz CT molecular complexity index is 596. The number of aromatic carboxylic acids is 1. The summed E-state index contributed by atoms with van der Waals surface area (Å²) >= 11 is 0. The minimum absolute atomic E-state index is 0.398. The number of carboxylic acid groups (broad SMARTS) is 1. The molecule has 0 aliphatic rings. The Morgan fingerprint density at radius 3 is 2.72 bits per heavy atom. The molecule has 0 amide bonds. The second-order valence-corrected chi connectivity index (χ2v) is 4.88. The van der Waals surface area contributed by atoms with Crippen molar-refractivity contribution in [2.75, 3.05) is 0 Å². The van der Waals surface area contributed by atoms with Gasteiger partial charge in [-0.15, -0.1) is 0 Å². The van der Waals surface area contributed by atoms with E-state index in [1.54, 1.807) is 6.07 Å². The van der Waals surface area contributed by atoms with Crippen molar-refractivity contribution in [3.8, 4) is 0 Å². The van der Waals surface area contributed by atoms with Crippen molar-refractivity contribution in [2.24, 2.45) is 7.05 Å². The molecule has 18 heavy (non-hydrogen) atoms. The Kier molecular flexibility index (Phi) is 3.41. The van der Waals surface area contributed by atoms with Crippen LogP contribution in [0, 0.1) is 6.92 Å². The molecule has 1 aromatic heterocycles. The van der Waals surface area contributed by atoms with Gasteiger partial charge in [-0.05, 0) is 43.0 Å². The fourth-order valence-corrected chi connectivity index (χ4v) is 2.50. The third-order valence-electron chi connectivity index (χ3n) is 3.33.